The van der Waals surface area contributed by atoms with Gasteiger partial charge in [-0.1, -0.05) is 36.3 Å². The van der Waals surface area contributed by atoms with E-state index < -0.39 is 11.2 Å². The number of hydrogen-bond acceptors (Lipinski definition) is 7. The summed E-state index contributed by atoms with van der Waals surface area (Å²) in [7, 11) is 0. The molecule has 8 saturated carbocycles. The molecule has 11 heteroatoms. The molecule has 61 heavy (non-hydrogen) atoms. The molecule has 0 spiro atoms. The predicted molar refractivity (Wildman–Crippen MR) is 238 cm³/mol. The average molecular weight is 900 g/mol. The van der Waals surface area contributed by atoms with E-state index in [9.17, 15) is 19.8 Å². The van der Waals surface area contributed by atoms with Crippen LogP contribution in [-0.2, 0) is 16.1 Å². The number of ketones is 2. The minimum atomic E-state index is -0.458. The van der Waals surface area contributed by atoms with Gasteiger partial charge in [0.05, 0.1) is 29.3 Å². The van der Waals surface area contributed by atoms with Gasteiger partial charge in [-0.3, -0.25) is 14.3 Å². The van der Waals surface area contributed by atoms with Gasteiger partial charge in [-0.05, 0) is 212 Å². The van der Waals surface area contributed by atoms with Gasteiger partial charge in [-0.2, -0.15) is 10.4 Å². The number of nitrogens with zero attached hydrogens (tertiary/aromatic N) is 5. The van der Waals surface area contributed by atoms with Crippen molar-refractivity contribution in [2.75, 3.05) is 5.33 Å². The Morgan fingerprint density at radius 2 is 1.30 bits per heavy atom. The van der Waals surface area contributed by atoms with Crippen molar-refractivity contribution in [1.29, 1.82) is 5.26 Å². The molecule has 8 fully saturated rings. The Bertz CT molecular complexity index is 1960. The Balaban J connectivity index is 0.000000148. The fraction of sp³-hybridized carbons (Fsp3) is 0.800. The van der Waals surface area contributed by atoms with Gasteiger partial charge in [0.2, 0.25) is 5.82 Å². The van der Waals surface area contributed by atoms with Crippen LogP contribution in [0.3, 0.4) is 0 Å². The summed E-state index contributed by atoms with van der Waals surface area (Å²) in [5, 5.41) is 40.8. The Kier molecular flexibility index (Phi) is 12.9. The summed E-state index contributed by atoms with van der Waals surface area (Å²) in [6.07, 6.45) is 24.5. The normalized spacial score (nSPS) is 44.3. The zero-order valence-electron chi connectivity index (χ0n) is 37.2. The minimum Gasteiger partial charge on any atom is -0.390 e. The molecule has 3 N–H and O–H groups in total. The van der Waals surface area contributed by atoms with Crippen LogP contribution in [0.5, 0.6) is 0 Å². The van der Waals surface area contributed by atoms with E-state index >= 15 is 0 Å². The number of aliphatic hydroxyl groups is 2. The van der Waals surface area contributed by atoms with Crippen LogP contribution in [0.4, 0.5) is 5.82 Å². The summed E-state index contributed by atoms with van der Waals surface area (Å²) >= 11 is 3.42. The molecule has 8 aliphatic carbocycles. The van der Waals surface area contributed by atoms with Crippen LogP contribution in [0.2, 0.25) is 0 Å². The maximum absolute atomic E-state index is 13.3. The Morgan fingerprint density at radius 3 is 1.74 bits per heavy atom. The second-order valence-corrected chi connectivity index (χ2v) is 22.9. The first-order valence-corrected chi connectivity index (χ1v) is 25.1. The summed E-state index contributed by atoms with van der Waals surface area (Å²) in [5.74, 6) is 9.47. The number of aromatic nitrogens is 4. The van der Waals surface area contributed by atoms with E-state index in [-0.39, 0.29) is 16.7 Å². The maximum atomic E-state index is 13.3. The maximum Gasteiger partial charge on any atom is 0.249 e. The summed E-state index contributed by atoms with van der Waals surface area (Å²) in [6.45, 7) is 15.6. The Hall–Kier alpha value is -2.86. The van der Waals surface area contributed by atoms with Gasteiger partial charge in [0.25, 0.3) is 0 Å². The first kappa shape index (κ1) is 44.7. The number of nitriles is 1. The number of carbonyl (C=O) groups excluding carboxylic acids is 2. The van der Waals surface area contributed by atoms with E-state index in [4.69, 9.17) is 11.8 Å². The molecule has 0 radical (unpaired) electrons. The minimum absolute atomic E-state index is 0.121. The van der Waals surface area contributed by atoms with Crippen LogP contribution in [0.15, 0.2) is 24.5 Å². The van der Waals surface area contributed by atoms with Crippen LogP contribution in [0.1, 0.15) is 149 Å². The molecule has 0 saturated heterocycles. The summed E-state index contributed by atoms with van der Waals surface area (Å²) in [5.41, 5.74) is -0.116. The molecule has 0 unspecified atom stereocenters. The molecule has 10 nitrogen and oxygen atoms in total. The van der Waals surface area contributed by atoms with Gasteiger partial charge >= 0.3 is 0 Å². The number of rotatable bonds is 5. The zero-order valence-corrected chi connectivity index (χ0v) is 38.8. The van der Waals surface area contributed by atoms with Crippen LogP contribution in [0.25, 0.3) is 4.85 Å². The Labute approximate surface area is 372 Å². The number of H-pyrrole nitrogens is 1. The number of nitrogens with one attached hydrogen (secondary N) is 1. The highest BCUT2D eigenvalue weighted by Gasteiger charge is 2.60. The summed E-state index contributed by atoms with van der Waals surface area (Å²) in [6, 6.07) is 5.34. The van der Waals surface area contributed by atoms with Crippen LogP contribution in [-0.4, -0.2) is 58.3 Å². The largest absolute Gasteiger partial charge is 0.390 e. The van der Waals surface area contributed by atoms with E-state index in [2.05, 4.69) is 49.9 Å². The number of Topliss-reactive ketones (excluding diaryl/α,β-unsaturated/α-hetero) is 2. The first-order valence-electron chi connectivity index (χ1n) is 24.0. The van der Waals surface area contributed by atoms with E-state index in [0.717, 1.165) is 92.3 Å². The molecular formula is C50H71BrN6O4. The highest BCUT2D eigenvalue weighted by atomic mass is 79.9. The van der Waals surface area contributed by atoms with E-state index in [1.165, 1.54) is 70.6 Å². The molecule has 332 valence electrons. The fourth-order valence-corrected chi connectivity index (χ4v) is 16.8. The monoisotopic (exact) mass is 898 g/mol. The molecule has 2 heterocycles. The highest BCUT2D eigenvalue weighted by Crippen LogP contribution is 2.66. The van der Waals surface area contributed by atoms with Crippen molar-refractivity contribution in [2.45, 2.75) is 161 Å². The van der Waals surface area contributed by atoms with Crippen LogP contribution >= 0.6 is 15.9 Å². The topological polar surface area (TPSA) is 149 Å². The van der Waals surface area contributed by atoms with Crippen molar-refractivity contribution in [2.24, 2.45) is 81.8 Å². The lowest BCUT2D eigenvalue weighted by Crippen LogP contribution is -2.51. The van der Waals surface area contributed by atoms with E-state index in [0.29, 0.717) is 52.7 Å². The second kappa shape index (κ2) is 17.6. The first-order chi connectivity index (χ1) is 29.1. The van der Waals surface area contributed by atoms with Gasteiger partial charge < -0.3 is 15.1 Å². The quantitative estimate of drug-likeness (QED) is 0.200. The molecule has 0 amide bonds. The zero-order chi connectivity index (χ0) is 43.3. The number of alkyl halides is 1. The predicted octanol–water partition coefficient (Wildman–Crippen LogP) is 10.3. The number of aromatic amines is 1. The molecule has 0 bridgehead atoms. The second-order valence-electron chi connectivity index (χ2n) is 22.3. The summed E-state index contributed by atoms with van der Waals surface area (Å²) < 4.78 is 1.64. The lowest BCUT2D eigenvalue weighted by molar-refractivity contribution is -0.133. The van der Waals surface area contributed by atoms with Crippen LogP contribution in [0, 0.1) is 99.7 Å². The molecule has 16 atom stereocenters. The smallest absolute Gasteiger partial charge is 0.249 e. The van der Waals surface area contributed by atoms with E-state index in [1.807, 2.05) is 19.9 Å². The van der Waals surface area contributed by atoms with Crippen molar-refractivity contribution in [3.8, 4) is 6.07 Å². The molecular weight excluding hydrogens is 828 g/mol. The van der Waals surface area contributed by atoms with Crippen LogP contribution < -0.4 is 0 Å². The van der Waals surface area contributed by atoms with Crippen molar-refractivity contribution >= 4 is 33.3 Å². The summed E-state index contributed by atoms with van der Waals surface area (Å²) in [4.78, 5) is 28.8. The van der Waals surface area contributed by atoms with Crippen molar-refractivity contribution < 1.29 is 19.8 Å². The van der Waals surface area contributed by atoms with E-state index in [1.54, 1.807) is 29.2 Å². The molecule has 10 rings (SSSR count). The molecule has 2 aromatic rings. The standard InChI is InChI=1S/C25H35N3O2.C21H33BrO2.C4H3N3/c1-24(30)10-7-18-16(13-24)3-4-20-19(18)8-11-25(2)21(20)5-6-22(25)23(29)15-28-12-9-17(14-26)27-28;1-20(24)9-7-14-13(11-20)3-4-16-15(14)8-10-21(2)17(16)5-6-18(21)19(23)12-22;1-5-4-2-3-6-7-4/h9,12,16,18-22,30H,3-8,10-11,13,15H2,1-2H3;13-18,24H,3-12H2,1-2H3;2-3H,(H,6,7)/t16-,18+,19-,20-,21+,22-,24-,25+;13-,14+,15-,16-,17+,18-,20-,21+;/m11./s1. The van der Waals surface area contributed by atoms with Crippen molar-refractivity contribution in [1.82, 2.24) is 20.0 Å². The number of halogens is 1. The number of carbonyl (C=O) groups is 2. The molecule has 8 aliphatic rings. The van der Waals surface area contributed by atoms with Gasteiger partial charge in [0, 0.05) is 18.0 Å². The van der Waals surface area contributed by atoms with Crippen molar-refractivity contribution in [3.63, 3.8) is 0 Å². The highest BCUT2D eigenvalue weighted by molar-refractivity contribution is 9.09. The molecule has 0 aromatic carbocycles. The number of hydrogen-bond donors (Lipinski definition) is 3. The Morgan fingerprint density at radius 1 is 0.770 bits per heavy atom. The van der Waals surface area contributed by atoms with Gasteiger partial charge in [0.1, 0.15) is 11.9 Å². The number of fused-ring (bicyclic) bond motifs is 10. The molecule has 0 aliphatic heterocycles. The third-order valence-electron chi connectivity index (χ3n) is 19.1. The van der Waals surface area contributed by atoms with Crippen molar-refractivity contribution in [3.05, 3.63) is 41.6 Å². The van der Waals surface area contributed by atoms with Gasteiger partial charge in [-0.25, -0.2) is 5.10 Å². The van der Waals surface area contributed by atoms with Gasteiger partial charge in [-0.15, -0.1) is 5.10 Å². The third kappa shape index (κ3) is 8.72. The lowest BCUT2D eigenvalue weighted by atomic mass is 9.49. The van der Waals surface area contributed by atoms with Gasteiger partial charge in [0.15, 0.2) is 11.5 Å². The molecule has 2 aromatic heterocycles. The average Bonchev–Trinajstić information content (AvgIpc) is 4.06. The third-order valence-corrected chi connectivity index (χ3v) is 19.6. The fourth-order valence-electron chi connectivity index (χ4n) is 16.4. The lowest BCUT2D eigenvalue weighted by Gasteiger charge is -2.56. The SMILES string of the molecule is C[C@@]1(O)CC[C@H]2[C@H](CC[C@@H]3[C@@H]2CC[C@]2(C)[C@@H](C(=O)CBr)CC[C@@H]32)C1.C[C@@]1(O)CC[C@H]2[C@H](CC[C@@H]3[C@@H]2CC[C@]2(C)[C@@H](C(=O)Cn4ccc(C#N)n4)CC[C@@H]32)C1.[C-]#[N+]c1ccn[nH]1.